The third kappa shape index (κ3) is 1.48. The van der Waals surface area contributed by atoms with Gasteiger partial charge in [-0.2, -0.15) is 0 Å². The lowest BCUT2D eigenvalue weighted by molar-refractivity contribution is 1.11. The monoisotopic (exact) mass is 155 g/mol. The summed E-state index contributed by atoms with van der Waals surface area (Å²) in [6.07, 6.45) is 6.50. The molecule has 1 aromatic heterocycles. The van der Waals surface area contributed by atoms with Gasteiger partial charge in [-0.15, -0.1) is 12.4 Å². The summed E-state index contributed by atoms with van der Waals surface area (Å²) in [7, 11) is 0. The van der Waals surface area contributed by atoms with Crippen LogP contribution in [0, 0.1) is 0 Å². The van der Waals surface area contributed by atoms with Crippen molar-refractivity contribution < 1.29 is 0 Å². The van der Waals surface area contributed by atoms with E-state index in [4.69, 9.17) is 0 Å². The highest BCUT2D eigenvalue weighted by atomic mass is 35.5. The van der Waals surface area contributed by atoms with Crippen LogP contribution >= 0.6 is 12.4 Å². The van der Waals surface area contributed by atoms with E-state index < -0.39 is 0 Å². The van der Waals surface area contributed by atoms with E-state index in [-0.39, 0.29) is 12.4 Å². The number of halogens is 1. The first-order valence-corrected chi connectivity index (χ1v) is 3.37. The molecule has 1 saturated carbocycles. The van der Waals surface area contributed by atoms with E-state index in [1.807, 2.05) is 12.4 Å². The summed E-state index contributed by atoms with van der Waals surface area (Å²) >= 11 is 0. The van der Waals surface area contributed by atoms with E-state index in [2.05, 4.69) is 17.1 Å². The Balaban J connectivity index is 0.000000500. The zero-order valence-corrected chi connectivity index (χ0v) is 6.47. The quantitative estimate of drug-likeness (QED) is 0.607. The molecule has 1 nitrogen and oxygen atoms in total. The van der Waals surface area contributed by atoms with Crippen LogP contribution in [0.3, 0.4) is 0 Å². The van der Waals surface area contributed by atoms with Crippen LogP contribution in [-0.4, -0.2) is 4.98 Å². The first-order chi connectivity index (χ1) is 4.47. The summed E-state index contributed by atoms with van der Waals surface area (Å²) in [6.45, 7) is 0. The molecule has 0 bridgehead atoms. The Morgan fingerprint density at radius 2 is 1.80 bits per heavy atom. The molecular formula is C8H10ClN. The molecule has 0 N–H and O–H groups in total. The van der Waals surface area contributed by atoms with Crippen LogP contribution in [0.4, 0.5) is 0 Å². The predicted octanol–water partition coefficient (Wildman–Crippen LogP) is 2.38. The average Bonchev–Trinajstić information content (AvgIpc) is 2.71. The largest absolute Gasteiger partial charge is 0.265 e. The van der Waals surface area contributed by atoms with E-state index in [1.165, 1.54) is 18.4 Å². The molecule has 54 valence electrons. The number of rotatable bonds is 1. The zero-order valence-electron chi connectivity index (χ0n) is 5.66. The van der Waals surface area contributed by atoms with Crippen LogP contribution in [-0.2, 0) is 0 Å². The Labute approximate surface area is 66.9 Å². The van der Waals surface area contributed by atoms with Gasteiger partial charge in [-0.3, -0.25) is 4.98 Å². The summed E-state index contributed by atoms with van der Waals surface area (Å²) < 4.78 is 0. The summed E-state index contributed by atoms with van der Waals surface area (Å²) in [6, 6.07) is 4.22. The van der Waals surface area contributed by atoms with Gasteiger partial charge in [-0.05, 0) is 36.5 Å². The Hall–Kier alpha value is -0.560. The third-order valence-electron chi connectivity index (χ3n) is 1.75. The van der Waals surface area contributed by atoms with Crippen LogP contribution < -0.4 is 0 Å². The van der Waals surface area contributed by atoms with Crippen LogP contribution in [0.25, 0.3) is 0 Å². The Morgan fingerprint density at radius 1 is 1.20 bits per heavy atom. The smallest absolute Gasteiger partial charge is 0.0270 e. The molecule has 0 amide bonds. The second kappa shape index (κ2) is 3.02. The minimum Gasteiger partial charge on any atom is -0.265 e. The van der Waals surface area contributed by atoms with Crippen molar-refractivity contribution in [3.05, 3.63) is 30.1 Å². The molecule has 10 heavy (non-hydrogen) atoms. The van der Waals surface area contributed by atoms with E-state index in [0.717, 1.165) is 5.92 Å². The van der Waals surface area contributed by atoms with Crippen molar-refractivity contribution in [2.45, 2.75) is 18.8 Å². The predicted molar refractivity (Wildman–Crippen MR) is 43.5 cm³/mol. The Morgan fingerprint density at radius 3 is 2.30 bits per heavy atom. The maximum atomic E-state index is 3.96. The number of hydrogen-bond donors (Lipinski definition) is 0. The summed E-state index contributed by atoms with van der Waals surface area (Å²) in [5.74, 6) is 0.869. The van der Waals surface area contributed by atoms with E-state index in [9.17, 15) is 0 Å². The number of aromatic nitrogens is 1. The van der Waals surface area contributed by atoms with Crippen molar-refractivity contribution in [1.29, 1.82) is 0 Å². The molecule has 0 aliphatic heterocycles. The highest BCUT2D eigenvalue weighted by Crippen LogP contribution is 2.39. The second-order valence-electron chi connectivity index (χ2n) is 2.55. The van der Waals surface area contributed by atoms with Gasteiger partial charge in [0.1, 0.15) is 0 Å². The van der Waals surface area contributed by atoms with Gasteiger partial charge in [-0.25, -0.2) is 0 Å². The Bertz CT molecular complexity index is 194. The highest BCUT2D eigenvalue weighted by molar-refractivity contribution is 5.85. The first kappa shape index (κ1) is 7.55. The summed E-state index contributed by atoms with van der Waals surface area (Å²) in [5, 5.41) is 0. The van der Waals surface area contributed by atoms with Crippen molar-refractivity contribution >= 4 is 12.4 Å². The van der Waals surface area contributed by atoms with Gasteiger partial charge in [-0.1, -0.05) is 0 Å². The standard InChI is InChI=1S/C8H9N.ClH/c1-2-7(1)8-3-5-9-6-4-8;/h3-7H,1-2H2;1H. The number of pyridine rings is 1. The second-order valence-corrected chi connectivity index (χ2v) is 2.55. The summed E-state index contributed by atoms with van der Waals surface area (Å²) in [4.78, 5) is 3.96. The van der Waals surface area contributed by atoms with Crippen LogP contribution in [0.15, 0.2) is 24.5 Å². The van der Waals surface area contributed by atoms with Gasteiger partial charge in [0, 0.05) is 12.4 Å². The third-order valence-corrected chi connectivity index (χ3v) is 1.75. The molecule has 2 heteroatoms. The SMILES string of the molecule is Cl.c1cc(C2CC2)ccn1. The molecule has 0 unspecified atom stereocenters. The normalized spacial score (nSPS) is 16.0. The van der Waals surface area contributed by atoms with E-state index in [0.29, 0.717) is 0 Å². The molecule has 2 rings (SSSR count). The number of hydrogen-bond acceptors (Lipinski definition) is 1. The minimum absolute atomic E-state index is 0. The fraction of sp³-hybridized carbons (Fsp3) is 0.375. The van der Waals surface area contributed by atoms with Crippen molar-refractivity contribution in [3.63, 3.8) is 0 Å². The van der Waals surface area contributed by atoms with Crippen LogP contribution in [0.2, 0.25) is 0 Å². The van der Waals surface area contributed by atoms with E-state index in [1.54, 1.807) is 0 Å². The molecule has 0 radical (unpaired) electrons. The molecule has 1 heterocycles. The highest BCUT2D eigenvalue weighted by Gasteiger charge is 2.22. The number of nitrogens with zero attached hydrogens (tertiary/aromatic N) is 1. The molecule has 1 aliphatic rings. The van der Waals surface area contributed by atoms with Gasteiger partial charge in [0.15, 0.2) is 0 Å². The topological polar surface area (TPSA) is 12.9 Å². The molecule has 1 aromatic rings. The van der Waals surface area contributed by atoms with Crippen molar-refractivity contribution in [3.8, 4) is 0 Å². The molecular weight excluding hydrogens is 146 g/mol. The van der Waals surface area contributed by atoms with Crippen molar-refractivity contribution in [1.82, 2.24) is 4.98 Å². The maximum Gasteiger partial charge on any atom is 0.0270 e. The molecule has 0 saturated heterocycles. The molecule has 0 aromatic carbocycles. The van der Waals surface area contributed by atoms with Gasteiger partial charge >= 0.3 is 0 Å². The van der Waals surface area contributed by atoms with Gasteiger partial charge in [0.2, 0.25) is 0 Å². The molecule has 0 spiro atoms. The average molecular weight is 156 g/mol. The van der Waals surface area contributed by atoms with Crippen LogP contribution in [0.1, 0.15) is 24.3 Å². The molecule has 1 aliphatic carbocycles. The maximum absolute atomic E-state index is 3.96. The van der Waals surface area contributed by atoms with Gasteiger partial charge < -0.3 is 0 Å². The summed E-state index contributed by atoms with van der Waals surface area (Å²) in [5.41, 5.74) is 1.46. The lowest BCUT2D eigenvalue weighted by Gasteiger charge is -1.91. The Kier molecular flexibility index (Phi) is 2.28. The van der Waals surface area contributed by atoms with Crippen molar-refractivity contribution in [2.24, 2.45) is 0 Å². The van der Waals surface area contributed by atoms with E-state index >= 15 is 0 Å². The van der Waals surface area contributed by atoms with Crippen LogP contribution in [0.5, 0.6) is 0 Å². The van der Waals surface area contributed by atoms with Gasteiger partial charge in [0.25, 0.3) is 0 Å². The molecule has 0 atom stereocenters. The zero-order chi connectivity index (χ0) is 6.10. The minimum atomic E-state index is 0. The first-order valence-electron chi connectivity index (χ1n) is 3.37. The van der Waals surface area contributed by atoms with Gasteiger partial charge in [0.05, 0.1) is 0 Å². The fourth-order valence-electron chi connectivity index (χ4n) is 1.05. The lowest BCUT2D eigenvalue weighted by Crippen LogP contribution is -1.76. The van der Waals surface area contributed by atoms with Crippen molar-refractivity contribution in [2.75, 3.05) is 0 Å². The fourth-order valence-corrected chi connectivity index (χ4v) is 1.05. The molecule has 1 fully saturated rings. The lowest BCUT2D eigenvalue weighted by atomic mass is 10.2.